The molecule has 0 aliphatic heterocycles. The SMILES string of the molecule is O=C1CCc2coc(-c3ccccc3)c21. The lowest BCUT2D eigenvalue weighted by Crippen LogP contribution is -1.91. The minimum atomic E-state index is 0.206. The van der Waals surface area contributed by atoms with E-state index in [1.807, 2.05) is 30.3 Å². The Labute approximate surface area is 87.5 Å². The summed E-state index contributed by atoms with van der Waals surface area (Å²) in [7, 11) is 0. The first-order valence-electron chi connectivity index (χ1n) is 5.05. The number of Topliss-reactive ketones (excluding diaryl/α,β-unsaturated/α-hetero) is 1. The predicted molar refractivity (Wildman–Crippen MR) is 56.8 cm³/mol. The molecule has 0 fully saturated rings. The van der Waals surface area contributed by atoms with E-state index in [0.717, 1.165) is 28.9 Å². The summed E-state index contributed by atoms with van der Waals surface area (Å²) >= 11 is 0. The summed E-state index contributed by atoms with van der Waals surface area (Å²) in [4.78, 5) is 11.7. The minimum absolute atomic E-state index is 0.206. The lowest BCUT2D eigenvalue weighted by Gasteiger charge is -1.98. The summed E-state index contributed by atoms with van der Waals surface area (Å²) in [5.74, 6) is 0.936. The first-order valence-corrected chi connectivity index (χ1v) is 5.05. The molecule has 0 unspecified atom stereocenters. The fourth-order valence-electron chi connectivity index (χ4n) is 2.06. The second kappa shape index (κ2) is 3.09. The minimum Gasteiger partial charge on any atom is -0.463 e. The number of carbonyl (C=O) groups is 1. The lowest BCUT2D eigenvalue weighted by molar-refractivity contribution is 0.0994. The average Bonchev–Trinajstić information content (AvgIpc) is 2.84. The van der Waals surface area contributed by atoms with Crippen LogP contribution in [0.1, 0.15) is 22.3 Å². The lowest BCUT2D eigenvalue weighted by atomic mass is 10.1. The van der Waals surface area contributed by atoms with E-state index in [1.165, 1.54) is 0 Å². The number of ketones is 1. The van der Waals surface area contributed by atoms with E-state index in [9.17, 15) is 4.79 Å². The Balaban J connectivity index is 2.19. The molecule has 1 aromatic heterocycles. The summed E-state index contributed by atoms with van der Waals surface area (Å²) in [6, 6.07) is 9.78. The standard InChI is InChI=1S/C13H10O2/c14-11-7-6-10-8-15-13(12(10)11)9-4-2-1-3-5-9/h1-5,8H,6-7H2. The number of aryl methyl sites for hydroxylation is 1. The molecule has 2 nitrogen and oxygen atoms in total. The number of fused-ring (bicyclic) bond motifs is 1. The van der Waals surface area contributed by atoms with Crippen molar-refractivity contribution in [3.05, 3.63) is 47.7 Å². The zero-order valence-electron chi connectivity index (χ0n) is 8.19. The van der Waals surface area contributed by atoms with E-state index >= 15 is 0 Å². The maximum Gasteiger partial charge on any atom is 0.167 e. The van der Waals surface area contributed by atoms with E-state index in [-0.39, 0.29) is 5.78 Å². The topological polar surface area (TPSA) is 30.2 Å². The molecule has 0 N–H and O–H groups in total. The van der Waals surface area contributed by atoms with E-state index in [4.69, 9.17) is 4.42 Å². The number of benzene rings is 1. The molecular formula is C13H10O2. The summed E-state index contributed by atoms with van der Waals surface area (Å²) in [5.41, 5.74) is 2.83. The Morgan fingerprint density at radius 2 is 1.87 bits per heavy atom. The van der Waals surface area contributed by atoms with Gasteiger partial charge in [-0.1, -0.05) is 30.3 Å². The van der Waals surface area contributed by atoms with Crippen LogP contribution in [0.4, 0.5) is 0 Å². The molecule has 0 spiro atoms. The van der Waals surface area contributed by atoms with Crippen LogP contribution >= 0.6 is 0 Å². The highest BCUT2D eigenvalue weighted by Crippen LogP contribution is 2.33. The van der Waals surface area contributed by atoms with Gasteiger partial charge >= 0.3 is 0 Å². The van der Waals surface area contributed by atoms with Crippen molar-refractivity contribution < 1.29 is 9.21 Å². The number of hydrogen-bond donors (Lipinski definition) is 0. The van der Waals surface area contributed by atoms with E-state index in [2.05, 4.69) is 0 Å². The second-order valence-corrected chi connectivity index (χ2v) is 3.75. The van der Waals surface area contributed by atoms with Crippen molar-refractivity contribution in [1.82, 2.24) is 0 Å². The molecule has 3 rings (SSSR count). The van der Waals surface area contributed by atoms with Crippen molar-refractivity contribution in [3.8, 4) is 11.3 Å². The molecule has 1 aliphatic rings. The summed E-state index contributed by atoms with van der Waals surface area (Å²) in [5, 5.41) is 0. The van der Waals surface area contributed by atoms with Gasteiger partial charge in [0, 0.05) is 17.5 Å². The molecule has 2 heteroatoms. The molecule has 1 aromatic carbocycles. The van der Waals surface area contributed by atoms with Crippen LogP contribution < -0.4 is 0 Å². The van der Waals surface area contributed by atoms with Crippen molar-refractivity contribution in [2.24, 2.45) is 0 Å². The van der Waals surface area contributed by atoms with Crippen molar-refractivity contribution >= 4 is 5.78 Å². The molecule has 15 heavy (non-hydrogen) atoms. The molecule has 0 saturated heterocycles. The van der Waals surface area contributed by atoms with Gasteiger partial charge in [0.15, 0.2) is 5.78 Å². The number of hydrogen-bond acceptors (Lipinski definition) is 2. The van der Waals surface area contributed by atoms with Crippen LogP contribution in [-0.2, 0) is 6.42 Å². The Hall–Kier alpha value is -1.83. The van der Waals surface area contributed by atoms with Crippen LogP contribution in [0.25, 0.3) is 11.3 Å². The smallest absolute Gasteiger partial charge is 0.167 e. The average molecular weight is 198 g/mol. The van der Waals surface area contributed by atoms with Crippen LogP contribution in [0.2, 0.25) is 0 Å². The van der Waals surface area contributed by atoms with Gasteiger partial charge < -0.3 is 4.42 Å². The maximum absolute atomic E-state index is 11.7. The number of furan rings is 1. The van der Waals surface area contributed by atoms with Gasteiger partial charge in [-0.15, -0.1) is 0 Å². The molecule has 74 valence electrons. The zero-order chi connectivity index (χ0) is 10.3. The first kappa shape index (κ1) is 8.48. The molecule has 0 atom stereocenters. The molecule has 1 heterocycles. The van der Waals surface area contributed by atoms with Crippen molar-refractivity contribution in [2.75, 3.05) is 0 Å². The van der Waals surface area contributed by atoms with Gasteiger partial charge in [0.2, 0.25) is 0 Å². The van der Waals surface area contributed by atoms with Crippen molar-refractivity contribution in [3.63, 3.8) is 0 Å². The Bertz CT molecular complexity index is 509. The molecule has 0 radical (unpaired) electrons. The van der Waals surface area contributed by atoms with E-state index in [1.54, 1.807) is 6.26 Å². The largest absolute Gasteiger partial charge is 0.463 e. The fourth-order valence-corrected chi connectivity index (χ4v) is 2.06. The van der Waals surface area contributed by atoms with Crippen LogP contribution in [0.5, 0.6) is 0 Å². The molecular weight excluding hydrogens is 188 g/mol. The highest BCUT2D eigenvalue weighted by Gasteiger charge is 2.26. The van der Waals surface area contributed by atoms with Gasteiger partial charge in [-0.05, 0) is 6.42 Å². The summed E-state index contributed by atoms with van der Waals surface area (Å²) in [6.07, 6.45) is 3.16. The molecule has 1 aliphatic carbocycles. The van der Waals surface area contributed by atoms with Gasteiger partial charge in [-0.3, -0.25) is 4.79 Å². The maximum atomic E-state index is 11.7. The van der Waals surface area contributed by atoms with Gasteiger partial charge in [0.1, 0.15) is 5.76 Å². The molecule has 0 amide bonds. The zero-order valence-corrected chi connectivity index (χ0v) is 8.19. The monoisotopic (exact) mass is 198 g/mol. The first-order chi connectivity index (χ1) is 7.36. The molecule has 0 saturated carbocycles. The third kappa shape index (κ3) is 1.22. The van der Waals surface area contributed by atoms with Crippen molar-refractivity contribution in [2.45, 2.75) is 12.8 Å². The number of rotatable bonds is 1. The van der Waals surface area contributed by atoms with Crippen LogP contribution in [0.3, 0.4) is 0 Å². The molecule has 2 aromatic rings. The highest BCUT2D eigenvalue weighted by molar-refractivity contribution is 6.05. The third-order valence-electron chi connectivity index (χ3n) is 2.80. The normalized spacial score (nSPS) is 14.3. The third-order valence-corrected chi connectivity index (χ3v) is 2.80. The Kier molecular flexibility index (Phi) is 1.75. The quantitative estimate of drug-likeness (QED) is 0.704. The van der Waals surface area contributed by atoms with Crippen LogP contribution in [0, 0.1) is 0 Å². The summed E-state index contributed by atoms with van der Waals surface area (Å²) < 4.78 is 5.47. The fraction of sp³-hybridized carbons (Fsp3) is 0.154. The van der Waals surface area contributed by atoms with Crippen LogP contribution in [-0.4, -0.2) is 5.78 Å². The number of carbonyl (C=O) groups excluding carboxylic acids is 1. The van der Waals surface area contributed by atoms with Gasteiger partial charge in [0.25, 0.3) is 0 Å². The van der Waals surface area contributed by atoms with E-state index in [0.29, 0.717) is 6.42 Å². The van der Waals surface area contributed by atoms with Gasteiger partial charge in [-0.2, -0.15) is 0 Å². The Morgan fingerprint density at radius 1 is 1.07 bits per heavy atom. The van der Waals surface area contributed by atoms with Gasteiger partial charge in [0.05, 0.1) is 11.8 Å². The summed E-state index contributed by atoms with van der Waals surface area (Å²) in [6.45, 7) is 0. The van der Waals surface area contributed by atoms with Crippen molar-refractivity contribution in [1.29, 1.82) is 0 Å². The molecule has 0 bridgehead atoms. The van der Waals surface area contributed by atoms with E-state index < -0.39 is 0 Å². The second-order valence-electron chi connectivity index (χ2n) is 3.75. The highest BCUT2D eigenvalue weighted by atomic mass is 16.3. The van der Waals surface area contributed by atoms with Crippen LogP contribution in [0.15, 0.2) is 41.0 Å². The predicted octanol–water partition coefficient (Wildman–Crippen LogP) is 3.08. The van der Waals surface area contributed by atoms with Gasteiger partial charge in [-0.25, -0.2) is 0 Å². The Morgan fingerprint density at radius 3 is 2.67 bits per heavy atom.